The summed E-state index contributed by atoms with van der Waals surface area (Å²) in [4.78, 5) is 108. The van der Waals surface area contributed by atoms with Crippen molar-refractivity contribution in [1.82, 2.24) is 40.0 Å². The number of carbonyl (C=O) groups excluding carboxylic acids is 7. The zero-order chi connectivity index (χ0) is 63.6. The number of methoxy groups -OCH3 is 2. The molecule has 21 heteroatoms. The van der Waals surface area contributed by atoms with E-state index >= 15 is 0 Å². The van der Waals surface area contributed by atoms with E-state index < -0.39 is 42.3 Å². The minimum Gasteiger partial charge on any atom is -0.386 e. The van der Waals surface area contributed by atoms with E-state index in [1.807, 2.05) is 109 Å². The Morgan fingerprint density at radius 2 is 1.27 bits per heavy atom. The van der Waals surface area contributed by atoms with Crippen molar-refractivity contribution in [3.8, 4) is 0 Å². The van der Waals surface area contributed by atoms with Crippen LogP contribution in [0.25, 0.3) is 0 Å². The maximum Gasteiger partial charge on any atom is 0.245 e. The highest BCUT2D eigenvalue weighted by atomic mass is 32.2. The first-order chi connectivity index (χ1) is 41.0. The van der Waals surface area contributed by atoms with Gasteiger partial charge in [0, 0.05) is 88.2 Å². The molecular weight excluding hydrogens is 1150 g/mol. The Morgan fingerprint density at radius 1 is 0.709 bits per heavy atom. The number of aliphatic hydroxyl groups is 1. The summed E-state index contributed by atoms with van der Waals surface area (Å²) in [5.41, 5.74) is 1.49. The largest absolute Gasteiger partial charge is 0.386 e. The lowest BCUT2D eigenvalue weighted by atomic mass is 9.89. The molecule has 10 atom stereocenters. The van der Waals surface area contributed by atoms with Crippen LogP contribution < -0.4 is 10.6 Å². The SMILES string of the molecule is C=C(N[C@H](C)[C@@H](O)c1ccccc1)[C@H](C)[C@@H](OC)[C@@H]1CCCN1C(=O)C[C@@H](OC)[C@H]([C@@H](C)CC)N(C)C(=O)[C@@H](NC(=O)[C@H](C(C)C)N(C)C(=O)CSCCC(=O)N1CN(C(=O)CCSC)CN(C(=O)CCSC2CCCCCCCCC2)C1)C(C)C. The summed E-state index contributed by atoms with van der Waals surface area (Å²) >= 11 is 4.74. The Kier molecular flexibility index (Phi) is 33.3. The van der Waals surface area contributed by atoms with E-state index in [1.165, 1.54) is 74.4 Å². The number of hydrogen-bond donors (Lipinski definition) is 3. The topological polar surface area (TPSA) is 202 Å². The normalized spacial score (nSPS) is 19.6. The molecule has 2 heterocycles. The molecule has 1 aromatic carbocycles. The fraction of sp³-hybridized carbons (Fsp3) is 0.769. The van der Waals surface area contributed by atoms with Gasteiger partial charge in [0.15, 0.2) is 0 Å². The molecule has 2 aliphatic heterocycles. The number of carbonyl (C=O) groups is 7. The minimum atomic E-state index is -0.968. The fourth-order valence-corrected chi connectivity index (χ4v) is 14.9. The van der Waals surface area contributed by atoms with Crippen molar-refractivity contribution in [2.45, 2.75) is 212 Å². The average molecular weight is 1260 g/mol. The van der Waals surface area contributed by atoms with Crippen LogP contribution >= 0.6 is 35.3 Å². The number of amides is 7. The minimum absolute atomic E-state index is 0.00113. The third kappa shape index (κ3) is 22.5. The van der Waals surface area contributed by atoms with E-state index in [9.17, 15) is 38.7 Å². The number of hydrogen-bond acceptors (Lipinski definition) is 14. The van der Waals surface area contributed by atoms with Crippen molar-refractivity contribution in [1.29, 1.82) is 0 Å². The number of nitrogens with one attached hydrogen (secondary N) is 2. The summed E-state index contributed by atoms with van der Waals surface area (Å²) in [6.45, 7) is 20.6. The highest BCUT2D eigenvalue weighted by Crippen LogP contribution is 2.33. The second-order valence-corrected chi connectivity index (χ2v) is 28.4. The smallest absolute Gasteiger partial charge is 0.245 e. The molecule has 0 spiro atoms. The third-order valence-electron chi connectivity index (χ3n) is 17.9. The van der Waals surface area contributed by atoms with Gasteiger partial charge in [-0.05, 0) is 62.2 Å². The average Bonchev–Trinajstić information content (AvgIpc) is 2.27. The molecule has 1 saturated carbocycles. The first-order valence-electron chi connectivity index (χ1n) is 31.9. The Hall–Kier alpha value is -4.02. The molecule has 18 nitrogen and oxygen atoms in total. The summed E-state index contributed by atoms with van der Waals surface area (Å²) in [5, 5.41) is 18.1. The van der Waals surface area contributed by atoms with Crippen molar-refractivity contribution in [2.75, 3.05) is 84.1 Å². The number of likely N-dealkylation sites (N-methyl/N-ethyl adjacent to an activating group) is 2. The lowest BCUT2D eigenvalue weighted by Gasteiger charge is -2.42. The van der Waals surface area contributed by atoms with E-state index in [0.29, 0.717) is 54.0 Å². The van der Waals surface area contributed by atoms with Gasteiger partial charge in [-0.25, -0.2) is 0 Å². The van der Waals surface area contributed by atoms with Gasteiger partial charge in [-0.1, -0.05) is 137 Å². The van der Waals surface area contributed by atoms with Crippen LogP contribution in [-0.2, 0) is 43.0 Å². The van der Waals surface area contributed by atoms with Crippen molar-refractivity contribution < 1.29 is 48.1 Å². The maximum atomic E-state index is 14.8. The molecule has 1 aliphatic carbocycles. The van der Waals surface area contributed by atoms with E-state index in [0.717, 1.165) is 18.4 Å². The van der Waals surface area contributed by atoms with Gasteiger partial charge < -0.3 is 54.6 Å². The van der Waals surface area contributed by atoms with Gasteiger partial charge in [0.05, 0.1) is 68.6 Å². The van der Waals surface area contributed by atoms with E-state index in [2.05, 4.69) is 17.2 Å². The van der Waals surface area contributed by atoms with Gasteiger partial charge in [-0.3, -0.25) is 33.6 Å². The molecule has 3 N–H and O–H groups in total. The van der Waals surface area contributed by atoms with Gasteiger partial charge in [0.2, 0.25) is 41.4 Å². The molecular formula is C65H110N8O10S3. The number of nitrogens with zero attached hydrogens (tertiary/aromatic N) is 6. The molecule has 0 aromatic heterocycles. The van der Waals surface area contributed by atoms with E-state index in [4.69, 9.17) is 9.47 Å². The number of thioether (sulfide) groups is 3. The summed E-state index contributed by atoms with van der Waals surface area (Å²) < 4.78 is 12.3. The zero-order valence-electron chi connectivity index (χ0n) is 54.6. The summed E-state index contributed by atoms with van der Waals surface area (Å²) in [5.74, 6) is -0.964. The van der Waals surface area contributed by atoms with Gasteiger partial charge in [-0.15, -0.1) is 0 Å². The number of rotatable bonds is 33. The van der Waals surface area contributed by atoms with Gasteiger partial charge in [0.25, 0.3) is 0 Å². The van der Waals surface area contributed by atoms with Crippen LogP contribution in [0, 0.1) is 23.7 Å². The molecule has 0 unspecified atom stereocenters. The lowest BCUT2D eigenvalue weighted by Crippen LogP contribution is -2.60. The highest BCUT2D eigenvalue weighted by molar-refractivity contribution is 8.00. The van der Waals surface area contributed by atoms with Gasteiger partial charge in [-0.2, -0.15) is 35.3 Å². The standard InChI is InChI=1S/C65H110N8O10S3/c1-15-46(6)61(53(82-12)39-57(77)73-35-26-31-52(73)63(83-13)47(7)48(8)66-49(9)62(79)50-27-22-21-23-28-50)69(11)65(81)59(44(2)3)67-64(80)60(45(4)5)68(10)58(78)40-85-37-33-55(75)71-41-70(54(74)32-36-84-14)42-72(43-71)56(76)34-38-86-51-29-24-19-17-16-18-20-25-30-51/h21-23,27-28,44-47,49,51-53,59-63,66,79H,8,15-20,24-26,29-43H2,1-7,9-14H3,(H,67,80)/t46-,47-,49+,52-,53+,59-,60-,61-,62+,63+/m0/s1. The number of ether oxygens (including phenoxy) is 2. The molecule has 1 aromatic rings. The van der Waals surface area contributed by atoms with Crippen LogP contribution in [0.5, 0.6) is 0 Å². The molecule has 488 valence electrons. The second kappa shape index (κ2) is 38.5. The fourth-order valence-electron chi connectivity index (χ4n) is 12.4. The van der Waals surface area contributed by atoms with Crippen LogP contribution in [-0.4, -0.2) is 208 Å². The third-order valence-corrected chi connectivity index (χ3v) is 20.8. The Balaban J connectivity index is 1.36. The molecule has 2 saturated heterocycles. The molecule has 3 aliphatic rings. The number of aliphatic hydroxyl groups excluding tert-OH is 1. The maximum absolute atomic E-state index is 14.8. The number of likely N-dealkylation sites (tertiary alicyclic amines) is 1. The van der Waals surface area contributed by atoms with Crippen molar-refractivity contribution in [3.05, 3.63) is 48.2 Å². The second-order valence-electron chi connectivity index (χ2n) is 24.9. The summed E-state index contributed by atoms with van der Waals surface area (Å²) in [6, 6.07) is 6.45. The first kappa shape index (κ1) is 74.4. The Labute approximate surface area is 529 Å². The van der Waals surface area contributed by atoms with Crippen LogP contribution in [0.1, 0.15) is 170 Å². The van der Waals surface area contributed by atoms with Crippen LogP contribution in [0.15, 0.2) is 42.6 Å². The zero-order valence-corrected chi connectivity index (χ0v) is 57.0. The first-order valence-corrected chi connectivity index (χ1v) is 35.5. The molecule has 4 rings (SSSR count). The van der Waals surface area contributed by atoms with Gasteiger partial charge in [0.1, 0.15) is 12.1 Å². The van der Waals surface area contributed by atoms with Gasteiger partial charge >= 0.3 is 0 Å². The van der Waals surface area contributed by atoms with Crippen LogP contribution in [0.3, 0.4) is 0 Å². The number of benzene rings is 1. The predicted octanol–water partition coefficient (Wildman–Crippen LogP) is 9.02. The summed E-state index contributed by atoms with van der Waals surface area (Å²) in [6.07, 6.45) is 14.3. The molecule has 7 amide bonds. The molecule has 0 bridgehead atoms. The Morgan fingerprint density at radius 3 is 1.79 bits per heavy atom. The van der Waals surface area contributed by atoms with E-state index in [-0.39, 0.29) is 110 Å². The quantitative estimate of drug-likeness (QED) is 0.0563. The Bertz CT molecular complexity index is 2280. The van der Waals surface area contributed by atoms with Crippen molar-refractivity contribution >= 4 is 76.6 Å². The molecule has 86 heavy (non-hydrogen) atoms. The molecule has 3 fully saturated rings. The van der Waals surface area contributed by atoms with Crippen molar-refractivity contribution in [2.24, 2.45) is 23.7 Å². The predicted molar refractivity (Wildman–Crippen MR) is 350 cm³/mol. The van der Waals surface area contributed by atoms with E-state index in [1.54, 1.807) is 59.7 Å². The highest BCUT2D eigenvalue weighted by Gasteiger charge is 2.43. The van der Waals surface area contributed by atoms with Crippen molar-refractivity contribution in [3.63, 3.8) is 0 Å². The molecule has 0 radical (unpaired) electrons. The lowest BCUT2D eigenvalue weighted by molar-refractivity contribution is -0.158. The van der Waals surface area contributed by atoms with Crippen LogP contribution in [0.4, 0.5) is 0 Å². The monoisotopic (exact) mass is 1260 g/mol. The van der Waals surface area contributed by atoms with Crippen LogP contribution in [0.2, 0.25) is 0 Å². The summed E-state index contributed by atoms with van der Waals surface area (Å²) in [7, 11) is 6.50.